The van der Waals surface area contributed by atoms with Gasteiger partial charge < -0.3 is 14.8 Å². The molecule has 0 saturated heterocycles. The molecule has 102 valence electrons. The first-order valence-corrected chi connectivity index (χ1v) is 6.20. The van der Waals surface area contributed by atoms with Crippen LogP contribution in [0.15, 0.2) is 24.3 Å². The molecule has 0 aliphatic heterocycles. The molecule has 1 aliphatic rings. The van der Waals surface area contributed by atoms with Crippen LogP contribution < -0.4 is 10.1 Å². The van der Waals surface area contributed by atoms with E-state index in [0.29, 0.717) is 17.4 Å². The van der Waals surface area contributed by atoms with Crippen molar-refractivity contribution in [2.45, 2.75) is 13.3 Å². The minimum absolute atomic E-state index is 0.0395. The number of benzene rings is 1. The highest BCUT2D eigenvalue weighted by Crippen LogP contribution is 2.38. The largest absolute Gasteiger partial charge is 0.482 e. The van der Waals surface area contributed by atoms with Gasteiger partial charge >= 0.3 is 5.97 Å². The Kier molecular flexibility index (Phi) is 4.04. The number of amides is 1. The van der Waals surface area contributed by atoms with Crippen molar-refractivity contribution in [2.75, 3.05) is 19.0 Å². The molecule has 19 heavy (non-hydrogen) atoms. The maximum Gasteiger partial charge on any atom is 0.343 e. The Hall–Kier alpha value is -2.04. The molecule has 1 N–H and O–H groups in total. The molecule has 0 radical (unpaired) electrons. The van der Waals surface area contributed by atoms with Gasteiger partial charge in [0.1, 0.15) is 5.75 Å². The fourth-order valence-corrected chi connectivity index (χ4v) is 1.79. The first-order chi connectivity index (χ1) is 9.10. The number of nitrogens with one attached hydrogen (secondary N) is 1. The number of ether oxygens (including phenoxy) is 2. The quantitative estimate of drug-likeness (QED) is 0.823. The van der Waals surface area contributed by atoms with E-state index in [2.05, 4.69) is 17.0 Å². The SMILES string of the molecule is COC(=O)COc1cccc(NC(=O)[C@@H]2C[C@H]2C)c1. The maximum atomic E-state index is 11.8. The smallest absolute Gasteiger partial charge is 0.343 e. The lowest BCUT2D eigenvalue weighted by Crippen LogP contribution is -2.15. The average Bonchev–Trinajstić information content (AvgIpc) is 3.13. The van der Waals surface area contributed by atoms with Crippen molar-refractivity contribution in [3.63, 3.8) is 0 Å². The summed E-state index contributed by atoms with van der Waals surface area (Å²) in [5, 5.41) is 2.84. The Morgan fingerprint density at radius 3 is 2.79 bits per heavy atom. The monoisotopic (exact) mass is 263 g/mol. The van der Waals surface area contributed by atoms with Crippen molar-refractivity contribution in [1.29, 1.82) is 0 Å². The highest BCUT2D eigenvalue weighted by atomic mass is 16.6. The molecule has 0 heterocycles. The lowest BCUT2D eigenvalue weighted by molar-refractivity contribution is -0.142. The topological polar surface area (TPSA) is 64.6 Å². The molecule has 1 aromatic rings. The predicted molar refractivity (Wildman–Crippen MR) is 69.9 cm³/mol. The molecular weight excluding hydrogens is 246 g/mol. The zero-order valence-corrected chi connectivity index (χ0v) is 11.0. The second kappa shape index (κ2) is 5.73. The van der Waals surface area contributed by atoms with Crippen molar-refractivity contribution in [1.82, 2.24) is 0 Å². The molecule has 2 atom stereocenters. The lowest BCUT2D eigenvalue weighted by Gasteiger charge is -2.08. The molecule has 1 amide bonds. The molecule has 0 unspecified atom stereocenters. The Morgan fingerprint density at radius 1 is 1.42 bits per heavy atom. The lowest BCUT2D eigenvalue weighted by atomic mass is 10.2. The van der Waals surface area contributed by atoms with E-state index in [0.717, 1.165) is 6.42 Å². The number of hydrogen-bond donors (Lipinski definition) is 1. The van der Waals surface area contributed by atoms with E-state index in [1.165, 1.54) is 7.11 Å². The van der Waals surface area contributed by atoms with Gasteiger partial charge in [0.05, 0.1) is 7.11 Å². The summed E-state index contributed by atoms with van der Waals surface area (Å²) in [4.78, 5) is 22.7. The highest BCUT2D eigenvalue weighted by Gasteiger charge is 2.39. The second-order valence-corrected chi connectivity index (χ2v) is 4.70. The maximum absolute atomic E-state index is 11.8. The van der Waals surface area contributed by atoms with E-state index < -0.39 is 5.97 Å². The van der Waals surface area contributed by atoms with Gasteiger partial charge in [-0.1, -0.05) is 13.0 Å². The number of methoxy groups -OCH3 is 1. The molecular formula is C14H17NO4. The normalized spacial score (nSPS) is 20.5. The van der Waals surface area contributed by atoms with E-state index in [-0.39, 0.29) is 18.4 Å². The summed E-state index contributed by atoms with van der Waals surface area (Å²) in [5.41, 5.74) is 0.673. The van der Waals surface area contributed by atoms with Gasteiger partial charge in [0.25, 0.3) is 0 Å². The molecule has 0 spiro atoms. The third-order valence-corrected chi connectivity index (χ3v) is 3.13. The van der Waals surface area contributed by atoms with Gasteiger partial charge in [0.2, 0.25) is 5.91 Å². The van der Waals surface area contributed by atoms with Gasteiger partial charge in [-0.05, 0) is 24.5 Å². The number of carbonyl (C=O) groups excluding carboxylic acids is 2. The van der Waals surface area contributed by atoms with Crippen LogP contribution >= 0.6 is 0 Å². The molecule has 1 aromatic carbocycles. The van der Waals surface area contributed by atoms with E-state index in [1.807, 2.05) is 0 Å². The van der Waals surface area contributed by atoms with E-state index in [1.54, 1.807) is 24.3 Å². The minimum atomic E-state index is -0.443. The van der Waals surface area contributed by atoms with Gasteiger partial charge in [-0.25, -0.2) is 4.79 Å². The van der Waals surface area contributed by atoms with E-state index in [4.69, 9.17) is 4.74 Å². The van der Waals surface area contributed by atoms with Crippen molar-refractivity contribution >= 4 is 17.6 Å². The first-order valence-electron chi connectivity index (χ1n) is 6.20. The highest BCUT2D eigenvalue weighted by molar-refractivity contribution is 5.94. The van der Waals surface area contributed by atoms with Crippen LogP contribution in [0.25, 0.3) is 0 Å². The Bertz CT molecular complexity index is 486. The van der Waals surface area contributed by atoms with E-state index in [9.17, 15) is 9.59 Å². The fraction of sp³-hybridized carbons (Fsp3) is 0.429. The van der Waals surface area contributed by atoms with Crippen LogP contribution in [0, 0.1) is 11.8 Å². The number of carbonyl (C=O) groups is 2. The molecule has 1 fully saturated rings. The Morgan fingerprint density at radius 2 is 2.16 bits per heavy atom. The van der Waals surface area contributed by atoms with Crippen LogP contribution in [-0.4, -0.2) is 25.6 Å². The zero-order valence-electron chi connectivity index (χ0n) is 11.0. The van der Waals surface area contributed by atoms with E-state index >= 15 is 0 Å². The van der Waals surface area contributed by atoms with Gasteiger partial charge in [-0.2, -0.15) is 0 Å². The molecule has 1 saturated carbocycles. The molecule has 5 heteroatoms. The summed E-state index contributed by atoms with van der Waals surface area (Å²) in [7, 11) is 1.30. The molecule has 0 bridgehead atoms. The van der Waals surface area contributed by atoms with Gasteiger partial charge in [0.15, 0.2) is 6.61 Å². The summed E-state index contributed by atoms with van der Waals surface area (Å²) >= 11 is 0. The molecule has 5 nitrogen and oxygen atoms in total. The molecule has 1 aliphatic carbocycles. The van der Waals surface area contributed by atoms with Crippen LogP contribution in [0.4, 0.5) is 5.69 Å². The standard InChI is InChI=1S/C14H17NO4/c1-9-6-12(9)14(17)15-10-4-3-5-11(7-10)19-8-13(16)18-2/h3-5,7,9,12H,6,8H2,1-2H3,(H,15,17)/t9-,12-/m1/s1. The summed E-state index contributed by atoms with van der Waals surface area (Å²) in [5.74, 6) is 0.712. The fourth-order valence-electron chi connectivity index (χ4n) is 1.79. The van der Waals surface area contributed by atoms with Crippen molar-refractivity contribution in [2.24, 2.45) is 11.8 Å². The number of anilines is 1. The van der Waals surface area contributed by atoms with Crippen LogP contribution in [0.3, 0.4) is 0 Å². The third-order valence-electron chi connectivity index (χ3n) is 3.13. The molecule has 0 aromatic heterocycles. The van der Waals surface area contributed by atoms with Crippen molar-refractivity contribution in [3.8, 4) is 5.75 Å². The number of rotatable bonds is 5. The summed E-state index contributed by atoms with van der Waals surface area (Å²) in [6.45, 7) is 1.91. The third kappa shape index (κ3) is 3.71. The second-order valence-electron chi connectivity index (χ2n) is 4.70. The minimum Gasteiger partial charge on any atom is -0.482 e. The Labute approximate surface area is 111 Å². The number of hydrogen-bond acceptors (Lipinski definition) is 4. The van der Waals surface area contributed by atoms with Crippen LogP contribution in [0.5, 0.6) is 5.75 Å². The van der Waals surface area contributed by atoms with Gasteiger partial charge in [-0.15, -0.1) is 0 Å². The van der Waals surface area contributed by atoms with Crippen molar-refractivity contribution < 1.29 is 19.1 Å². The first kappa shape index (κ1) is 13.4. The zero-order chi connectivity index (χ0) is 13.8. The summed E-state index contributed by atoms with van der Waals surface area (Å²) in [6.07, 6.45) is 0.949. The predicted octanol–water partition coefficient (Wildman–Crippen LogP) is 1.83. The van der Waals surface area contributed by atoms with Gasteiger partial charge in [-0.3, -0.25) is 4.79 Å². The van der Waals surface area contributed by atoms with Gasteiger partial charge in [0, 0.05) is 17.7 Å². The summed E-state index contributed by atoms with van der Waals surface area (Å²) in [6, 6.07) is 6.96. The average molecular weight is 263 g/mol. The molecule has 2 rings (SSSR count). The van der Waals surface area contributed by atoms with Crippen molar-refractivity contribution in [3.05, 3.63) is 24.3 Å². The summed E-state index contributed by atoms with van der Waals surface area (Å²) < 4.78 is 9.74. The van der Waals surface area contributed by atoms with Crippen LogP contribution in [0.2, 0.25) is 0 Å². The number of esters is 1. The Balaban J connectivity index is 1.91. The van der Waals surface area contributed by atoms with Crippen LogP contribution in [-0.2, 0) is 14.3 Å². The van der Waals surface area contributed by atoms with Crippen LogP contribution in [0.1, 0.15) is 13.3 Å².